The van der Waals surface area contributed by atoms with Crippen LogP contribution in [0.1, 0.15) is 17.3 Å². The molecule has 0 bridgehead atoms. The number of rotatable bonds is 4. The Morgan fingerprint density at radius 2 is 2.00 bits per heavy atom. The van der Waals surface area contributed by atoms with E-state index >= 15 is 0 Å². The number of nitrogens with one attached hydrogen (secondary N) is 2. The first-order chi connectivity index (χ1) is 12.2. The number of ether oxygens (including phenoxy) is 4. The number of benzene rings is 2. The third-order valence-electron chi connectivity index (χ3n) is 4.92. The number of fused-ring (bicyclic) bond motifs is 2. The smallest absolute Gasteiger partial charge is 0.231 e. The molecular weight excluding hydrogens is 320 g/mol. The maximum absolute atomic E-state index is 5.74. The summed E-state index contributed by atoms with van der Waals surface area (Å²) in [6.07, 6.45) is 1.00. The number of para-hydroxylation sites is 2. The van der Waals surface area contributed by atoms with Gasteiger partial charge in [0.25, 0.3) is 0 Å². The van der Waals surface area contributed by atoms with Gasteiger partial charge < -0.3 is 29.2 Å². The van der Waals surface area contributed by atoms with Crippen LogP contribution in [0.3, 0.4) is 0 Å². The maximum Gasteiger partial charge on any atom is 0.231 e. The van der Waals surface area contributed by atoms with Crippen LogP contribution >= 0.6 is 0 Å². The summed E-state index contributed by atoms with van der Waals surface area (Å²) in [7, 11) is 5.55. The molecule has 2 aliphatic rings. The van der Waals surface area contributed by atoms with Crippen molar-refractivity contribution < 1.29 is 23.8 Å². The van der Waals surface area contributed by atoms with Crippen LogP contribution in [0.5, 0.6) is 23.0 Å². The fourth-order valence-corrected chi connectivity index (χ4v) is 3.64. The molecule has 6 heteroatoms. The van der Waals surface area contributed by atoms with Crippen molar-refractivity contribution in [2.24, 2.45) is 0 Å². The van der Waals surface area contributed by atoms with E-state index in [0.29, 0.717) is 5.75 Å². The van der Waals surface area contributed by atoms with Crippen molar-refractivity contribution in [1.29, 1.82) is 0 Å². The molecular formula is C19H23N2O4+. The van der Waals surface area contributed by atoms with E-state index in [-0.39, 0.29) is 13.0 Å². The lowest BCUT2D eigenvalue weighted by molar-refractivity contribution is -0.910. The number of methoxy groups -OCH3 is 2. The normalized spacial score (nSPS) is 20.8. The standard InChI is InChI=1S/C19H22N2O4/c1-21-9-8-12-10-15-17(25-11-24-15)18(23-3)16(12)19(21)20-13-6-4-5-7-14(13)22-2/h4-7,10,19-20H,8-9,11H2,1-3H3/p+1/t19-/m1/s1. The van der Waals surface area contributed by atoms with Crippen LogP contribution in [-0.4, -0.2) is 34.6 Å². The fraction of sp³-hybridized carbons (Fsp3) is 0.368. The van der Waals surface area contributed by atoms with E-state index in [1.54, 1.807) is 14.2 Å². The molecule has 0 saturated carbocycles. The molecule has 1 unspecified atom stereocenters. The zero-order valence-corrected chi connectivity index (χ0v) is 14.7. The monoisotopic (exact) mass is 343 g/mol. The van der Waals surface area contributed by atoms with Gasteiger partial charge in [0.1, 0.15) is 5.75 Å². The third-order valence-corrected chi connectivity index (χ3v) is 4.92. The molecule has 132 valence electrons. The summed E-state index contributed by atoms with van der Waals surface area (Å²) in [4.78, 5) is 1.36. The molecule has 2 aromatic carbocycles. The predicted octanol–water partition coefficient (Wildman–Crippen LogP) is 1.61. The highest BCUT2D eigenvalue weighted by Gasteiger charge is 2.36. The SMILES string of the molecule is COc1ccccc1N[C@H]1c2c(cc3c(c2OC)OCO3)CC[NH+]1C. The lowest BCUT2D eigenvalue weighted by Crippen LogP contribution is -3.11. The van der Waals surface area contributed by atoms with Crippen molar-refractivity contribution in [3.63, 3.8) is 0 Å². The summed E-state index contributed by atoms with van der Waals surface area (Å²) in [6.45, 7) is 1.25. The molecule has 2 heterocycles. The molecule has 0 radical (unpaired) electrons. The van der Waals surface area contributed by atoms with E-state index in [0.717, 1.165) is 41.5 Å². The van der Waals surface area contributed by atoms with Crippen LogP contribution in [0.15, 0.2) is 30.3 Å². The Bertz CT molecular complexity index is 793. The lowest BCUT2D eigenvalue weighted by atomic mass is 9.94. The first-order valence-corrected chi connectivity index (χ1v) is 8.44. The van der Waals surface area contributed by atoms with Gasteiger partial charge in [-0.1, -0.05) is 12.1 Å². The van der Waals surface area contributed by atoms with Crippen molar-refractivity contribution in [3.8, 4) is 23.0 Å². The molecule has 0 aromatic heterocycles. The second kappa shape index (κ2) is 6.37. The van der Waals surface area contributed by atoms with Crippen LogP contribution in [0, 0.1) is 0 Å². The number of likely N-dealkylation sites (N-methyl/N-ethyl adjacent to an activating group) is 1. The third kappa shape index (κ3) is 2.62. The largest absolute Gasteiger partial charge is 0.495 e. The molecule has 4 rings (SSSR count). The second-order valence-corrected chi connectivity index (χ2v) is 6.34. The average Bonchev–Trinajstić information content (AvgIpc) is 3.11. The van der Waals surface area contributed by atoms with E-state index in [1.807, 2.05) is 24.3 Å². The summed E-state index contributed by atoms with van der Waals surface area (Å²) in [5, 5.41) is 3.63. The second-order valence-electron chi connectivity index (χ2n) is 6.34. The van der Waals surface area contributed by atoms with Crippen molar-refractivity contribution in [2.75, 3.05) is 39.9 Å². The minimum atomic E-state index is 0.0319. The van der Waals surface area contributed by atoms with Gasteiger partial charge in [-0.2, -0.15) is 0 Å². The van der Waals surface area contributed by atoms with Crippen LogP contribution < -0.4 is 29.2 Å². The van der Waals surface area contributed by atoms with E-state index in [4.69, 9.17) is 18.9 Å². The number of hydrogen-bond acceptors (Lipinski definition) is 5. The van der Waals surface area contributed by atoms with Crippen LogP contribution in [0.4, 0.5) is 5.69 Å². The average molecular weight is 343 g/mol. The molecule has 2 N–H and O–H groups in total. The zero-order valence-electron chi connectivity index (χ0n) is 14.7. The van der Waals surface area contributed by atoms with Gasteiger partial charge in [-0.25, -0.2) is 0 Å². The Hall–Kier alpha value is -2.60. The lowest BCUT2D eigenvalue weighted by Gasteiger charge is -2.34. The highest BCUT2D eigenvalue weighted by atomic mass is 16.7. The molecule has 0 aliphatic carbocycles. The van der Waals surface area contributed by atoms with Crippen LogP contribution in [0.25, 0.3) is 0 Å². The molecule has 0 saturated heterocycles. The summed E-state index contributed by atoms with van der Waals surface area (Å²) >= 11 is 0. The van der Waals surface area contributed by atoms with Crippen molar-refractivity contribution in [2.45, 2.75) is 12.6 Å². The Labute approximate surface area is 147 Å². The summed E-state index contributed by atoms with van der Waals surface area (Å²) in [5.74, 6) is 3.05. The number of hydrogen-bond donors (Lipinski definition) is 2. The fourth-order valence-electron chi connectivity index (χ4n) is 3.64. The van der Waals surface area contributed by atoms with Gasteiger partial charge in [0.15, 0.2) is 17.7 Å². The van der Waals surface area contributed by atoms with Gasteiger partial charge >= 0.3 is 0 Å². The van der Waals surface area contributed by atoms with Gasteiger partial charge in [0.05, 0.1) is 39.1 Å². The minimum Gasteiger partial charge on any atom is -0.495 e. The Morgan fingerprint density at radius 1 is 1.16 bits per heavy atom. The van der Waals surface area contributed by atoms with Gasteiger partial charge in [0, 0.05) is 6.42 Å². The van der Waals surface area contributed by atoms with Crippen LogP contribution in [0.2, 0.25) is 0 Å². The van der Waals surface area contributed by atoms with E-state index in [9.17, 15) is 0 Å². The molecule has 0 amide bonds. The summed E-state index contributed by atoms with van der Waals surface area (Å²) < 4.78 is 22.5. The van der Waals surface area contributed by atoms with E-state index in [1.165, 1.54) is 10.5 Å². The van der Waals surface area contributed by atoms with Crippen molar-refractivity contribution in [1.82, 2.24) is 0 Å². The van der Waals surface area contributed by atoms with E-state index in [2.05, 4.69) is 18.4 Å². The van der Waals surface area contributed by atoms with Crippen LogP contribution in [-0.2, 0) is 6.42 Å². The molecule has 0 fully saturated rings. The van der Waals surface area contributed by atoms with E-state index < -0.39 is 0 Å². The highest BCUT2D eigenvalue weighted by molar-refractivity contribution is 5.64. The quantitative estimate of drug-likeness (QED) is 0.883. The molecule has 25 heavy (non-hydrogen) atoms. The molecule has 2 atom stereocenters. The molecule has 0 spiro atoms. The topological polar surface area (TPSA) is 53.4 Å². The number of anilines is 1. The summed E-state index contributed by atoms with van der Waals surface area (Å²) in [6, 6.07) is 10.0. The molecule has 2 aromatic rings. The highest BCUT2D eigenvalue weighted by Crippen LogP contribution is 2.47. The van der Waals surface area contributed by atoms with Crippen molar-refractivity contribution >= 4 is 5.69 Å². The first kappa shape index (κ1) is 15.9. The first-order valence-electron chi connectivity index (χ1n) is 8.44. The molecule has 6 nitrogen and oxygen atoms in total. The Kier molecular flexibility index (Phi) is 4.05. The molecule has 2 aliphatic heterocycles. The predicted molar refractivity (Wildman–Crippen MR) is 93.9 cm³/mol. The van der Waals surface area contributed by atoms with Crippen molar-refractivity contribution in [3.05, 3.63) is 41.5 Å². The maximum atomic E-state index is 5.74. The Balaban J connectivity index is 1.80. The van der Waals surface area contributed by atoms with Gasteiger partial charge in [-0.15, -0.1) is 0 Å². The van der Waals surface area contributed by atoms with Gasteiger partial charge in [-0.05, 0) is 23.8 Å². The van der Waals surface area contributed by atoms with Gasteiger partial charge in [-0.3, -0.25) is 0 Å². The minimum absolute atomic E-state index is 0.0319. The number of quaternary nitrogens is 1. The van der Waals surface area contributed by atoms with Gasteiger partial charge in [0.2, 0.25) is 12.5 Å². The zero-order chi connectivity index (χ0) is 17.4. The summed E-state index contributed by atoms with van der Waals surface area (Å²) in [5.41, 5.74) is 3.32. The Morgan fingerprint density at radius 3 is 2.80 bits per heavy atom.